The van der Waals surface area contributed by atoms with Crippen LogP contribution in [-0.2, 0) is 0 Å². The highest BCUT2D eigenvalue weighted by atomic mass is 32.1. The molecule has 2 rings (SSSR count). The van der Waals surface area contributed by atoms with E-state index in [1.807, 2.05) is 18.2 Å². The van der Waals surface area contributed by atoms with Crippen molar-refractivity contribution >= 4 is 22.9 Å². The Kier molecular flexibility index (Phi) is 5.28. The van der Waals surface area contributed by atoms with Crippen molar-refractivity contribution < 1.29 is 4.39 Å². The molecule has 3 N–H and O–H groups in total. The van der Waals surface area contributed by atoms with Crippen molar-refractivity contribution in [1.82, 2.24) is 0 Å². The average molecular weight is 302 g/mol. The van der Waals surface area contributed by atoms with E-state index in [9.17, 15) is 4.39 Å². The number of nitrogens with two attached hydrogens (primary N) is 1. The number of nitrogens with one attached hydrogen (secondary N) is 1. The SMILES string of the molecule is CC(CCNc1ccc(F)cc1C(N)=S)c1ccccc1. The molecule has 0 radical (unpaired) electrons. The number of halogens is 1. The molecular weight excluding hydrogens is 283 g/mol. The Morgan fingerprint density at radius 2 is 1.95 bits per heavy atom. The van der Waals surface area contributed by atoms with Crippen LogP contribution in [0.4, 0.5) is 10.1 Å². The van der Waals surface area contributed by atoms with Gasteiger partial charge in [0.05, 0.1) is 0 Å². The molecule has 4 heteroatoms. The number of benzene rings is 2. The molecule has 0 aromatic heterocycles. The molecule has 0 aliphatic carbocycles. The first-order valence-electron chi connectivity index (χ1n) is 6.96. The molecule has 0 saturated carbocycles. The van der Waals surface area contributed by atoms with Gasteiger partial charge in [0, 0.05) is 17.8 Å². The van der Waals surface area contributed by atoms with Gasteiger partial charge in [-0.25, -0.2) is 4.39 Å². The van der Waals surface area contributed by atoms with Gasteiger partial charge in [-0.15, -0.1) is 0 Å². The largest absolute Gasteiger partial charge is 0.389 e. The van der Waals surface area contributed by atoms with Gasteiger partial charge in [0.2, 0.25) is 0 Å². The van der Waals surface area contributed by atoms with E-state index in [1.165, 1.54) is 17.7 Å². The van der Waals surface area contributed by atoms with Crippen LogP contribution in [0.5, 0.6) is 0 Å². The number of rotatable bonds is 6. The fraction of sp³-hybridized carbons (Fsp3) is 0.235. The van der Waals surface area contributed by atoms with Crippen molar-refractivity contribution in [2.75, 3.05) is 11.9 Å². The Hall–Kier alpha value is -1.94. The summed E-state index contributed by atoms with van der Waals surface area (Å²) < 4.78 is 13.2. The van der Waals surface area contributed by atoms with Gasteiger partial charge < -0.3 is 11.1 Å². The molecule has 0 aliphatic heterocycles. The third kappa shape index (κ3) is 4.26. The van der Waals surface area contributed by atoms with Gasteiger partial charge in [0.1, 0.15) is 10.8 Å². The van der Waals surface area contributed by atoms with Crippen molar-refractivity contribution in [1.29, 1.82) is 0 Å². The minimum Gasteiger partial charge on any atom is -0.389 e. The Morgan fingerprint density at radius 1 is 1.24 bits per heavy atom. The van der Waals surface area contributed by atoms with Crippen LogP contribution >= 0.6 is 12.2 Å². The maximum absolute atomic E-state index is 13.2. The third-order valence-electron chi connectivity index (χ3n) is 3.51. The van der Waals surface area contributed by atoms with E-state index < -0.39 is 0 Å². The first kappa shape index (κ1) is 15.4. The van der Waals surface area contributed by atoms with Crippen LogP contribution in [-0.4, -0.2) is 11.5 Å². The standard InChI is InChI=1S/C17H19FN2S/c1-12(13-5-3-2-4-6-13)9-10-20-16-8-7-14(18)11-15(16)17(19)21/h2-8,11-12,20H,9-10H2,1H3,(H2,19,21). The van der Waals surface area contributed by atoms with E-state index in [1.54, 1.807) is 6.07 Å². The van der Waals surface area contributed by atoms with Gasteiger partial charge in [-0.2, -0.15) is 0 Å². The fourth-order valence-corrected chi connectivity index (χ4v) is 2.41. The van der Waals surface area contributed by atoms with Crippen LogP contribution in [0.25, 0.3) is 0 Å². The highest BCUT2D eigenvalue weighted by Gasteiger charge is 2.08. The van der Waals surface area contributed by atoms with E-state index in [0.29, 0.717) is 11.5 Å². The summed E-state index contributed by atoms with van der Waals surface area (Å²) in [5, 5.41) is 3.29. The molecule has 0 saturated heterocycles. The smallest absolute Gasteiger partial charge is 0.124 e. The number of anilines is 1. The van der Waals surface area contributed by atoms with Crippen molar-refractivity contribution in [2.24, 2.45) is 5.73 Å². The van der Waals surface area contributed by atoms with Gasteiger partial charge in [-0.05, 0) is 36.1 Å². The zero-order chi connectivity index (χ0) is 15.2. The first-order chi connectivity index (χ1) is 10.1. The minimum absolute atomic E-state index is 0.202. The van der Waals surface area contributed by atoms with E-state index in [2.05, 4.69) is 24.4 Å². The molecule has 0 bridgehead atoms. The lowest BCUT2D eigenvalue weighted by Gasteiger charge is -2.15. The normalized spacial score (nSPS) is 11.9. The molecule has 0 amide bonds. The summed E-state index contributed by atoms with van der Waals surface area (Å²) in [5.74, 6) is 0.119. The van der Waals surface area contributed by atoms with Crippen molar-refractivity contribution in [3.8, 4) is 0 Å². The number of hydrogen-bond acceptors (Lipinski definition) is 2. The van der Waals surface area contributed by atoms with Crippen molar-refractivity contribution in [2.45, 2.75) is 19.3 Å². The Morgan fingerprint density at radius 3 is 2.62 bits per heavy atom. The van der Waals surface area contributed by atoms with Crippen molar-refractivity contribution in [3.63, 3.8) is 0 Å². The summed E-state index contributed by atoms with van der Waals surface area (Å²) in [5.41, 5.74) is 8.28. The van der Waals surface area contributed by atoms with Crippen LogP contribution in [0.1, 0.15) is 30.4 Å². The Labute approximate surface area is 130 Å². The summed E-state index contributed by atoms with van der Waals surface area (Å²) in [4.78, 5) is 0.202. The maximum atomic E-state index is 13.2. The maximum Gasteiger partial charge on any atom is 0.124 e. The molecule has 0 aliphatic rings. The highest BCUT2D eigenvalue weighted by Crippen LogP contribution is 2.20. The van der Waals surface area contributed by atoms with E-state index in [4.69, 9.17) is 18.0 Å². The fourth-order valence-electron chi connectivity index (χ4n) is 2.25. The highest BCUT2D eigenvalue weighted by molar-refractivity contribution is 7.80. The molecule has 21 heavy (non-hydrogen) atoms. The lowest BCUT2D eigenvalue weighted by molar-refractivity contribution is 0.627. The molecule has 1 unspecified atom stereocenters. The zero-order valence-electron chi connectivity index (χ0n) is 12.0. The molecule has 2 nitrogen and oxygen atoms in total. The summed E-state index contributed by atoms with van der Waals surface area (Å²) >= 11 is 4.96. The quantitative estimate of drug-likeness (QED) is 0.790. The predicted molar refractivity (Wildman–Crippen MR) is 90.3 cm³/mol. The second-order valence-electron chi connectivity index (χ2n) is 5.08. The molecule has 110 valence electrons. The zero-order valence-corrected chi connectivity index (χ0v) is 12.8. The second-order valence-corrected chi connectivity index (χ2v) is 5.52. The molecule has 0 fully saturated rings. The van der Waals surface area contributed by atoms with Gasteiger partial charge in [-0.1, -0.05) is 49.5 Å². The van der Waals surface area contributed by atoms with E-state index >= 15 is 0 Å². The van der Waals surface area contributed by atoms with Gasteiger partial charge in [0.15, 0.2) is 0 Å². The molecule has 0 heterocycles. The molecule has 2 aromatic carbocycles. The number of thiocarbonyl (C=S) groups is 1. The third-order valence-corrected chi connectivity index (χ3v) is 3.73. The van der Waals surface area contributed by atoms with E-state index in [-0.39, 0.29) is 10.8 Å². The second kappa shape index (κ2) is 7.18. The van der Waals surface area contributed by atoms with Crippen LogP contribution in [0, 0.1) is 5.82 Å². The molecular formula is C17H19FN2S. The molecule has 0 spiro atoms. The van der Waals surface area contributed by atoms with Crippen LogP contribution in [0.15, 0.2) is 48.5 Å². The topological polar surface area (TPSA) is 38.0 Å². The van der Waals surface area contributed by atoms with Gasteiger partial charge in [-0.3, -0.25) is 0 Å². The lowest BCUT2D eigenvalue weighted by atomic mass is 9.98. The summed E-state index contributed by atoms with van der Waals surface area (Å²) in [6, 6.07) is 14.8. The molecule has 1 atom stereocenters. The van der Waals surface area contributed by atoms with Gasteiger partial charge in [0.25, 0.3) is 0 Å². The number of hydrogen-bond donors (Lipinski definition) is 2. The minimum atomic E-state index is -0.332. The van der Waals surface area contributed by atoms with Gasteiger partial charge >= 0.3 is 0 Å². The lowest BCUT2D eigenvalue weighted by Crippen LogP contribution is -2.15. The average Bonchev–Trinajstić information content (AvgIpc) is 2.49. The summed E-state index contributed by atoms with van der Waals surface area (Å²) in [7, 11) is 0. The summed E-state index contributed by atoms with van der Waals surface area (Å²) in [6.45, 7) is 2.97. The Balaban J connectivity index is 1.96. The van der Waals surface area contributed by atoms with E-state index in [0.717, 1.165) is 18.7 Å². The van der Waals surface area contributed by atoms with Crippen LogP contribution < -0.4 is 11.1 Å². The van der Waals surface area contributed by atoms with Crippen molar-refractivity contribution in [3.05, 3.63) is 65.5 Å². The first-order valence-corrected chi connectivity index (χ1v) is 7.37. The summed E-state index contributed by atoms with van der Waals surface area (Å²) in [6.07, 6.45) is 0.970. The molecule has 2 aromatic rings. The van der Waals surface area contributed by atoms with Crippen LogP contribution in [0.3, 0.4) is 0 Å². The Bertz CT molecular complexity index is 613. The monoisotopic (exact) mass is 302 g/mol. The predicted octanol–water partition coefficient (Wildman–Crippen LogP) is 4.07. The van der Waals surface area contributed by atoms with Crippen LogP contribution in [0.2, 0.25) is 0 Å².